The molecule has 0 aromatic carbocycles. The van der Waals surface area contributed by atoms with E-state index in [1.54, 1.807) is 21.9 Å². The Morgan fingerprint density at radius 1 is 1.11 bits per heavy atom. The van der Waals surface area contributed by atoms with Crippen LogP contribution in [0, 0.1) is 0 Å². The summed E-state index contributed by atoms with van der Waals surface area (Å²) >= 11 is 0. The number of morpholine rings is 1. The minimum Gasteiger partial charge on any atom is -0.467 e. The zero-order valence-electron chi connectivity index (χ0n) is 15.3. The first kappa shape index (κ1) is 19.2. The maximum absolute atomic E-state index is 12.8. The lowest BCUT2D eigenvalue weighted by molar-refractivity contribution is -0.149. The maximum Gasteiger partial charge on any atom is 0.315 e. The second-order valence-corrected chi connectivity index (χ2v) is 6.65. The number of likely N-dealkylation sites (tertiary alicyclic amines) is 1. The van der Waals surface area contributed by atoms with Crippen LogP contribution in [0.25, 0.3) is 0 Å². The fraction of sp³-hybridized carbons (Fsp3) is 0.611. The molecule has 1 aromatic rings. The number of nitrogens with one attached hydrogen (secondary N) is 2. The van der Waals surface area contributed by atoms with Crippen molar-refractivity contribution in [2.45, 2.75) is 31.8 Å². The topological polar surface area (TPSA) is 104 Å². The number of piperidine rings is 1. The monoisotopic (exact) mass is 378 g/mol. The van der Waals surface area contributed by atoms with Crippen LogP contribution in [-0.4, -0.2) is 73.1 Å². The highest BCUT2D eigenvalue weighted by atomic mass is 16.5. The summed E-state index contributed by atoms with van der Waals surface area (Å²) < 4.78 is 10.4. The van der Waals surface area contributed by atoms with E-state index in [-0.39, 0.29) is 24.9 Å². The van der Waals surface area contributed by atoms with Crippen LogP contribution in [0.4, 0.5) is 4.79 Å². The lowest BCUT2D eigenvalue weighted by Gasteiger charge is -2.38. The summed E-state index contributed by atoms with van der Waals surface area (Å²) in [5.41, 5.74) is 0. The second-order valence-electron chi connectivity index (χ2n) is 6.65. The van der Waals surface area contributed by atoms with Crippen molar-refractivity contribution in [2.24, 2.45) is 0 Å². The van der Waals surface area contributed by atoms with Crippen molar-refractivity contribution in [1.82, 2.24) is 20.4 Å². The molecule has 27 heavy (non-hydrogen) atoms. The smallest absolute Gasteiger partial charge is 0.315 e. The number of ether oxygens (including phenoxy) is 1. The van der Waals surface area contributed by atoms with E-state index in [1.165, 1.54) is 6.26 Å². The third kappa shape index (κ3) is 5.22. The van der Waals surface area contributed by atoms with Crippen molar-refractivity contribution in [3.8, 4) is 0 Å². The molecule has 9 heteroatoms. The second kappa shape index (κ2) is 9.40. The van der Waals surface area contributed by atoms with Crippen molar-refractivity contribution in [1.29, 1.82) is 0 Å². The Morgan fingerprint density at radius 3 is 2.67 bits per heavy atom. The van der Waals surface area contributed by atoms with Gasteiger partial charge in [-0.25, -0.2) is 4.79 Å². The summed E-state index contributed by atoms with van der Waals surface area (Å²) in [6, 6.07) is 2.59. The van der Waals surface area contributed by atoms with Crippen molar-refractivity contribution in [3.63, 3.8) is 0 Å². The Kier molecular flexibility index (Phi) is 6.69. The zero-order chi connectivity index (χ0) is 19.1. The fourth-order valence-electron chi connectivity index (χ4n) is 3.38. The molecule has 2 saturated heterocycles. The van der Waals surface area contributed by atoms with Crippen LogP contribution in [0.1, 0.15) is 25.0 Å². The molecule has 0 spiro atoms. The zero-order valence-corrected chi connectivity index (χ0v) is 15.3. The van der Waals surface area contributed by atoms with Crippen molar-refractivity contribution in [3.05, 3.63) is 24.2 Å². The van der Waals surface area contributed by atoms with E-state index < -0.39 is 12.1 Å². The number of urea groups is 1. The number of carbonyl (C=O) groups excluding carboxylic acids is 3. The predicted octanol–water partition coefficient (Wildman–Crippen LogP) is 0.319. The van der Waals surface area contributed by atoms with Crippen molar-refractivity contribution in [2.75, 3.05) is 39.4 Å². The van der Waals surface area contributed by atoms with Gasteiger partial charge in [0.05, 0.1) is 32.6 Å². The van der Waals surface area contributed by atoms with Gasteiger partial charge in [-0.3, -0.25) is 9.59 Å². The van der Waals surface area contributed by atoms with Gasteiger partial charge in [-0.1, -0.05) is 0 Å². The third-order valence-corrected chi connectivity index (χ3v) is 4.83. The molecule has 9 nitrogen and oxygen atoms in total. The summed E-state index contributed by atoms with van der Waals surface area (Å²) in [5.74, 6) is 0.367. The van der Waals surface area contributed by atoms with Gasteiger partial charge < -0.3 is 29.6 Å². The van der Waals surface area contributed by atoms with Gasteiger partial charge in [0.2, 0.25) is 11.8 Å². The summed E-state index contributed by atoms with van der Waals surface area (Å²) in [5, 5.41) is 5.18. The largest absolute Gasteiger partial charge is 0.467 e. The number of nitrogens with zero attached hydrogens (tertiary/aromatic N) is 2. The van der Waals surface area contributed by atoms with Crippen LogP contribution in [0.3, 0.4) is 0 Å². The molecule has 0 aliphatic carbocycles. The van der Waals surface area contributed by atoms with E-state index in [0.717, 1.165) is 12.8 Å². The minimum atomic E-state index is -0.451. The SMILES string of the molecule is O=C(NCC(=O)N1CCCCC1C(=O)N1CCOCC1)NCc1ccco1. The van der Waals surface area contributed by atoms with Crippen molar-refractivity contribution < 1.29 is 23.5 Å². The molecule has 0 bridgehead atoms. The number of hydrogen-bond acceptors (Lipinski definition) is 5. The van der Waals surface area contributed by atoms with E-state index in [1.807, 2.05) is 0 Å². The molecule has 148 valence electrons. The van der Waals surface area contributed by atoms with Crippen LogP contribution in [0.15, 0.2) is 22.8 Å². The highest BCUT2D eigenvalue weighted by Crippen LogP contribution is 2.19. The number of rotatable bonds is 5. The summed E-state index contributed by atoms with van der Waals surface area (Å²) in [7, 11) is 0. The lowest BCUT2D eigenvalue weighted by Crippen LogP contribution is -2.56. The number of hydrogen-bond donors (Lipinski definition) is 2. The Balaban J connectivity index is 1.48. The Hall–Kier alpha value is -2.55. The molecular formula is C18H26N4O5. The number of carbonyl (C=O) groups is 3. The number of furan rings is 1. The lowest BCUT2D eigenvalue weighted by atomic mass is 10.0. The van der Waals surface area contributed by atoms with E-state index in [0.29, 0.717) is 45.0 Å². The van der Waals surface area contributed by atoms with E-state index in [4.69, 9.17) is 9.15 Å². The van der Waals surface area contributed by atoms with Crippen molar-refractivity contribution >= 4 is 17.8 Å². The average molecular weight is 378 g/mol. The highest BCUT2D eigenvalue weighted by Gasteiger charge is 2.35. The van der Waals surface area contributed by atoms with Crippen LogP contribution < -0.4 is 10.6 Å². The summed E-state index contributed by atoms with van der Waals surface area (Å²) in [6.45, 7) is 2.82. The highest BCUT2D eigenvalue weighted by molar-refractivity contribution is 5.90. The van der Waals surface area contributed by atoms with Crippen LogP contribution in [-0.2, 0) is 20.9 Å². The predicted molar refractivity (Wildman–Crippen MR) is 95.7 cm³/mol. The third-order valence-electron chi connectivity index (χ3n) is 4.83. The van der Waals surface area contributed by atoms with Gasteiger partial charge in [0.1, 0.15) is 11.8 Å². The average Bonchev–Trinajstić information content (AvgIpc) is 3.24. The van der Waals surface area contributed by atoms with Gasteiger partial charge in [0.25, 0.3) is 0 Å². The number of amides is 4. The molecule has 4 amide bonds. The molecule has 2 fully saturated rings. The Labute approximate surface area is 158 Å². The quantitative estimate of drug-likeness (QED) is 0.768. The van der Waals surface area contributed by atoms with Gasteiger partial charge in [0.15, 0.2) is 0 Å². The molecule has 0 radical (unpaired) electrons. The Morgan fingerprint density at radius 2 is 1.93 bits per heavy atom. The first-order chi connectivity index (χ1) is 13.1. The van der Waals surface area contributed by atoms with Gasteiger partial charge >= 0.3 is 6.03 Å². The van der Waals surface area contributed by atoms with Gasteiger partial charge in [-0.05, 0) is 31.4 Å². The van der Waals surface area contributed by atoms with E-state index >= 15 is 0 Å². The normalized spacial score (nSPS) is 20.2. The van der Waals surface area contributed by atoms with Gasteiger partial charge in [0, 0.05) is 19.6 Å². The standard InChI is InChI=1S/C18H26N4O5/c23-16(13-20-18(25)19-12-14-4-3-9-27-14)22-6-2-1-5-15(22)17(24)21-7-10-26-11-8-21/h3-4,9,15H,1-2,5-8,10-13H2,(H2,19,20,25). The van der Waals surface area contributed by atoms with Gasteiger partial charge in [-0.2, -0.15) is 0 Å². The maximum atomic E-state index is 12.8. The minimum absolute atomic E-state index is 0.0198. The summed E-state index contributed by atoms with van der Waals surface area (Å²) in [6.07, 6.45) is 3.97. The molecule has 2 aliphatic rings. The van der Waals surface area contributed by atoms with Crippen LogP contribution >= 0.6 is 0 Å². The molecule has 2 N–H and O–H groups in total. The van der Waals surface area contributed by atoms with Crippen LogP contribution in [0.5, 0.6) is 0 Å². The molecule has 1 aromatic heterocycles. The first-order valence-corrected chi connectivity index (χ1v) is 9.35. The Bertz CT molecular complexity index is 642. The molecule has 1 unspecified atom stereocenters. The first-order valence-electron chi connectivity index (χ1n) is 9.35. The molecule has 0 saturated carbocycles. The fourth-order valence-corrected chi connectivity index (χ4v) is 3.38. The van der Waals surface area contributed by atoms with Gasteiger partial charge in [-0.15, -0.1) is 0 Å². The van der Waals surface area contributed by atoms with Crippen LogP contribution in [0.2, 0.25) is 0 Å². The van der Waals surface area contributed by atoms with E-state index in [2.05, 4.69) is 10.6 Å². The molecule has 1 atom stereocenters. The van der Waals surface area contributed by atoms with E-state index in [9.17, 15) is 14.4 Å². The summed E-state index contributed by atoms with van der Waals surface area (Å²) in [4.78, 5) is 40.6. The molecule has 2 aliphatic heterocycles. The molecular weight excluding hydrogens is 352 g/mol. The molecule has 3 heterocycles. The molecule has 3 rings (SSSR count).